The van der Waals surface area contributed by atoms with Gasteiger partial charge in [-0.05, 0) is 30.5 Å². The molecule has 0 aliphatic heterocycles. The Morgan fingerprint density at radius 1 is 0.919 bits per heavy atom. The van der Waals surface area contributed by atoms with E-state index in [-0.39, 0.29) is 25.4 Å². The van der Waals surface area contributed by atoms with Crippen molar-refractivity contribution >= 4 is 34.3 Å². The van der Waals surface area contributed by atoms with Crippen LogP contribution in [0.2, 0.25) is 0 Å². The first-order chi connectivity index (χ1) is 17.9. The van der Waals surface area contributed by atoms with Crippen LogP contribution in [0.4, 0.5) is 5.69 Å². The Morgan fingerprint density at radius 3 is 2.30 bits per heavy atom. The van der Waals surface area contributed by atoms with Crippen molar-refractivity contribution in [1.29, 1.82) is 0 Å². The Hall–Kier alpha value is -3.86. The number of amides is 3. The summed E-state index contributed by atoms with van der Waals surface area (Å²) in [5, 5.41) is 6.46. The molecule has 0 unspecified atom stereocenters. The number of carbonyl (C=O) groups excluding carboxylic acids is 3. The van der Waals surface area contributed by atoms with E-state index in [1.54, 1.807) is 6.20 Å². The molecule has 0 radical (unpaired) electrons. The molecular formula is C27H35N7O3. The van der Waals surface area contributed by atoms with Crippen molar-refractivity contribution in [2.75, 3.05) is 31.5 Å². The van der Waals surface area contributed by atoms with Crippen LogP contribution in [-0.2, 0) is 20.8 Å². The molecule has 0 aliphatic rings. The second kappa shape index (κ2) is 14.0. The monoisotopic (exact) mass is 505 g/mol. The largest absolute Gasteiger partial charge is 0.343 e. The molecule has 3 rings (SSSR count). The number of aryl methyl sites for hydroxylation is 1. The lowest BCUT2D eigenvalue weighted by atomic mass is 10.0. The number of anilines is 1. The second-order valence-electron chi connectivity index (χ2n) is 8.76. The van der Waals surface area contributed by atoms with Gasteiger partial charge in [-0.1, -0.05) is 48.5 Å². The van der Waals surface area contributed by atoms with Crippen LogP contribution >= 0.6 is 0 Å². The summed E-state index contributed by atoms with van der Waals surface area (Å²) in [6.07, 6.45) is 2.26. The van der Waals surface area contributed by atoms with Crippen molar-refractivity contribution < 1.29 is 14.4 Å². The fourth-order valence-corrected chi connectivity index (χ4v) is 3.95. The van der Waals surface area contributed by atoms with E-state index in [0.29, 0.717) is 31.6 Å². The second-order valence-corrected chi connectivity index (χ2v) is 8.76. The third-order valence-electron chi connectivity index (χ3n) is 5.94. The molecule has 37 heavy (non-hydrogen) atoms. The van der Waals surface area contributed by atoms with Crippen LogP contribution in [0.15, 0.2) is 66.9 Å². The molecule has 8 N–H and O–H groups in total. The van der Waals surface area contributed by atoms with Gasteiger partial charge >= 0.3 is 0 Å². The van der Waals surface area contributed by atoms with Crippen LogP contribution in [0, 0.1) is 0 Å². The van der Waals surface area contributed by atoms with Gasteiger partial charge in [0.15, 0.2) is 0 Å². The minimum Gasteiger partial charge on any atom is -0.343 e. The highest BCUT2D eigenvalue weighted by molar-refractivity contribution is 5.99. The highest BCUT2D eigenvalue weighted by Crippen LogP contribution is 2.17. The zero-order chi connectivity index (χ0) is 26.6. The predicted octanol–water partition coefficient (Wildman–Crippen LogP) is 0.754. The van der Waals surface area contributed by atoms with Gasteiger partial charge in [-0.2, -0.15) is 0 Å². The zero-order valence-electron chi connectivity index (χ0n) is 20.8. The smallest absolute Gasteiger partial charge is 0.247 e. The van der Waals surface area contributed by atoms with Crippen molar-refractivity contribution in [2.45, 2.75) is 31.3 Å². The Bertz CT molecular complexity index is 1180. The number of benzene rings is 2. The van der Waals surface area contributed by atoms with Gasteiger partial charge in [-0.3, -0.25) is 19.4 Å². The first-order valence-corrected chi connectivity index (χ1v) is 12.3. The SMILES string of the molecule is NCCN(CCN)C(=O)C[C@@H](N)C(=O)N[C@H](CCc1ccccc1)C(=O)Nc1cnc2ccccc2c1. The van der Waals surface area contributed by atoms with E-state index in [4.69, 9.17) is 17.2 Å². The van der Waals surface area contributed by atoms with E-state index in [1.807, 2.05) is 60.7 Å². The van der Waals surface area contributed by atoms with Gasteiger partial charge in [0.05, 0.1) is 29.9 Å². The number of nitrogens with one attached hydrogen (secondary N) is 2. The molecule has 0 bridgehead atoms. The van der Waals surface area contributed by atoms with Crippen molar-refractivity contribution in [3.63, 3.8) is 0 Å². The van der Waals surface area contributed by atoms with Crippen LogP contribution < -0.4 is 27.8 Å². The Kier molecular flexibility index (Phi) is 10.5. The number of aromatic nitrogens is 1. The molecule has 10 heteroatoms. The number of fused-ring (bicyclic) bond motifs is 1. The highest BCUT2D eigenvalue weighted by atomic mass is 16.2. The molecule has 10 nitrogen and oxygen atoms in total. The third kappa shape index (κ3) is 8.35. The van der Waals surface area contributed by atoms with E-state index in [9.17, 15) is 14.4 Å². The van der Waals surface area contributed by atoms with Crippen LogP contribution in [0.1, 0.15) is 18.4 Å². The summed E-state index contributed by atoms with van der Waals surface area (Å²) in [6.45, 7) is 1.20. The van der Waals surface area contributed by atoms with Gasteiger partial charge in [0.2, 0.25) is 17.7 Å². The van der Waals surface area contributed by atoms with Crippen LogP contribution in [0.5, 0.6) is 0 Å². The van der Waals surface area contributed by atoms with Gasteiger partial charge < -0.3 is 32.7 Å². The first-order valence-electron chi connectivity index (χ1n) is 12.3. The fraction of sp³-hybridized carbons (Fsp3) is 0.333. The van der Waals surface area contributed by atoms with Gasteiger partial charge in [0.1, 0.15) is 6.04 Å². The number of para-hydroxylation sites is 1. The van der Waals surface area contributed by atoms with E-state index >= 15 is 0 Å². The summed E-state index contributed by atoms with van der Waals surface area (Å²) in [5.74, 6) is -1.29. The van der Waals surface area contributed by atoms with Gasteiger partial charge in [0.25, 0.3) is 0 Å². The topological polar surface area (TPSA) is 169 Å². The molecule has 3 aromatic rings. The van der Waals surface area contributed by atoms with Crippen molar-refractivity contribution in [3.8, 4) is 0 Å². The molecule has 1 aromatic heterocycles. The lowest BCUT2D eigenvalue weighted by Gasteiger charge is -2.24. The summed E-state index contributed by atoms with van der Waals surface area (Å²) >= 11 is 0. The number of nitrogens with zero attached hydrogens (tertiary/aromatic N) is 2. The average Bonchev–Trinajstić information content (AvgIpc) is 2.91. The molecule has 0 spiro atoms. The van der Waals surface area contributed by atoms with Crippen molar-refractivity contribution in [3.05, 3.63) is 72.4 Å². The number of nitrogens with two attached hydrogens (primary N) is 3. The normalized spacial score (nSPS) is 12.5. The Morgan fingerprint density at radius 2 is 1.59 bits per heavy atom. The molecule has 196 valence electrons. The Balaban J connectivity index is 1.69. The molecule has 1 heterocycles. The number of rotatable bonds is 13. The number of pyridine rings is 1. The van der Waals surface area contributed by atoms with E-state index in [0.717, 1.165) is 16.5 Å². The summed E-state index contributed by atoms with van der Waals surface area (Å²) in [6, 6.07) is 17.1. The first kappa shape index (κ1) is 27.7. The molecular weight excluding hydrogens is 470 g/mol. The molecule has 2 aromatic carbocycles. The average molecular weight is 506 g/mol. The summed E-state index contributed by atoms with van der Waals surface area (Å²) in [4.78, 5) is 44.6. The van der Waals surface area contributed by atoms with Gasteiger partial charge in [-0.15, -0.1) is 0 Å². The van der Waals surface area contributed by atoms with Crippen molar-refractivity contribution in [2.24, 2.45) is 17.2 Å². The minimum absolute atomic E-state index is 0.215. The molecule has 2 atom stereocenters. The Labute approximate surface area is 216 Å². The number of hydrogen-bond acceptors (Lipinski definition) is 7. The number of carbonyl (C=O) groups is 3. The maximum absolute atomic E-state index is 13.2. The lowest BCUT2D eigenvalue weighted by Crippen LogP contribution is -2.52. The van der Waals surface area contributed by atoms with E-state index < -0.39 is 23.9 Å². The maximum Gasteiger partial charge on any atom is 0.247 e. The maximum atomic E-state index is 13.2. The molecule has 3 amide bonds. The third-order valence-corrected chi connectivity index (χ3v) is 5.94. The quantitative estimate of drug-likeness (QED) is 0.228. The summed E-state index contributed by atoms with van der Waals surface area (Å²) in [5.41, 5.74) is 19.5. The standard InChI is InChI=1S/C27H35N7O3/c28-12-14-34(15-13-29)25(35)17-22(30)26(36)33-24(11-10-19-6-2-1-3-7-19)27(37)32-21-16-20-8-4-5-9-23(20)31-18-21/h1-9,16,18,22,24H,10-15,17,28-30H2,(H,32,37)(H,33,36)/t22-,24-/m1/s1. The summed E-state index contributed by atoms with van der Waals surface area (Å²) in [7, 11) is 0. The van der Waals surface area contributed by atoms with E-state index in [1.165, 1.54) is 4.90 Å². The van der Waals surface area contributed by atoms with Gasteiger partial charge in [-0.25, -0.2) is 0 Å². The molecule has 0 fully saturated rings. The highest BCUT2D eigenvalue weighted by Gasteiger charge is 2.26. The van der Waals surface area contributed by atoms with Gasteiger partial charge in [0, 0.05) is 31.6 Å². The molecule has 0 aliphatic carbocycles. The van der Waals surface area contributed by atoms with Crippen molar-refractivity contribution in [1.82, 2.24) is 15.2 Å². The van der Waals surface area contributed by atoms with Crippen LogP contribution in [0.3, 0.4) is 0 Å². The predicted molar refractivity (Wildman–Crippen MR) is 144 cm³/mol. The molecule has 0 saturated heterocycles. The lowest BCUT2D eigenvalue weighted by molar-refractivity contribution is -0.134. The number of hydrogen-bond donors (Lipinski definition) is 5. The van der Waals surface area contributed by atoms with Crippen LogP contribution in [-0.4, -0.2) is 65.9 Å². The zero-order valence-corrected chi connectivity index (χ0v) is 20.8. The summed E-state index contributed by atoms with van der Waals surface area (Å²) < 4.78 is 0. The fourth-order valence-electron chi connectivity index (χ4n) is 3.95. The minimum atomic E-state index is -1.13. The van der Waals surface area contributed by atoms with Crippen LogP contribution in [0.25, 0.3) is 10.9 Å². The molecule has 0 saturated carbocycles. The van der Waals surface area contributed by atoms with E-state index in [2.05, 4.69) is 15.6 Å².